The highest BCUT2D eigenvalue weighted by Crippen LogP contribution is 2.25. The molecule has 2 aromatic rings. The molecule has 1 fully saturated rings. The van der Waals surface area contributed by atoms with Crippen LogP contribution < -0.4 is 4.74 Å². The maximum atomic E-state index is 5.43. The number of hydrogen-bond donors (Lipinski definition) is 0. The number of benzene rings is 1. The Labute approximate surface area is 137 Å². The molecule has 1 aliphatic heterocycles. The van der Waals surface area contributed by atoms with Gasteiger partial charge in [0.25, 0.3) is 0 Å². The third-order valence-corrected chi connectivity index (χ3v) is 4.65. The molecule has 1 aromatic heterocycles. The van der Waals surface area contributed by atoms with Crippen molar-refractivity contribution >= 4 is 0 Å². The van der Waals surface area contributed by atoms with Crippen LogP contribution in [-0.2, 0) is 13.0 Å². The summed E-state index contributed by atoms with van der Waals surface area (Å²) in [7, 11) is 1.73. The number of aryl methyl sites for hydroxylation is 1. The van der Waals surface area contributed by atoms with Gasteiger partial charge in [-0.15, -0.1) is 0 Å². The summed E-state index contributed by atoms with van der Waals surface area (Å²) in [6.07, 6.45) is 3.37. The molecule has 23 heavy (non-hydrogen) atoms. The number of rotatable bonds is 5. The normalized spacial score (nSPS) is 19.0. The van der Waals surface area contributed by atoms with E-state index in [-0.39, 0.29) is 0 Å². The van der Waals surface area contributed by atoms with Crippen molar-refractivity contribution in [1.29, 1.82) is 0 Å². The first-order valence-electron chi connectivity index (χ1n) is 8.29. The monoisotopic (exact) mass is 315 g/mol. The fraction of sp³-hybridized carbons (Fsp3) is 0.556. The van der Waals surface area contributed by atoms with Crippen LogP contribution in [0.3, 0.4) is 0 Å². The molecule has 0 spiro atoms. The van der Waals surface area contributed by atoms with Gasteiger partial charge in [0.15, 0.2) is 5.82 Å². The number of piperidine rings is 1. The van der Waals surface area contributed by atoms with Crippen LogP contribution in [0.15, 0.2) is 22.7 Å². The Morgan fingerprint density at radius 2 is 2.22 bits per heavy atom. The SMILES string of the molecule is COc1cccc(CN2CCCC(Cc3noc(C)n3)C2)c1C. The van der Waals surface area contributed by atoms with E-state index in [1.807, 2.05) is 13.0 Å². The summed E-state index contributed by atoms with van der Waals surface area (Å²) >= 11 is 0. The van der Waals surface area contributed by atoms with Gasteiger partial charge < -0.3 is 9.26 Å². The Kier molecular flexibility index (Phi) is 4.96. The first-order chi connectivity index (χ1) is 11.2. The van der Waals surface area contributed by atoms with Crippen molar-refractivity contribution in [3.63, 3.8) is 0 Å². The Balaban J connectivity index is 1.62. The summed E-state index contributed by atoms with van der Waals surface area (Å²) in [6, 6.07) is 6.30. The summed E-state index contributed by atoms with van der Waals surface area (Å²) in [6.45, 7) is 7.19. The van der Waals surface area contributed by atoms with Crippen molar-refractivity contribution in [2.75, 3.05) is 20.2 Å². The van der Waals surface area contributed by atoms with Crippen molar-refractivity contribution < 1.29 is 9.26 Å². The molecule has 0 aliphatic carbocycles. The minimum Gasteiger partial charge on any atom is -0.496 e. The van der Waals surface area contributed by atoms with Crippen LogP contribution in [0, 0.1) is 19.8 Å². The molecule has 124 valence electrons. The topological polar surface area (TPSA) is 51.4 Å². The van der Waals surface area contributed by atoms with E-state index in [0.717, 1.165) is 37.6 Å². The lowest BCUT2D eigenvalue weighted by molar-refractivity contribution is 0.165. The molecule has 3 rings (SSSR count). The molecule has 5 heteroatoms. The summed E-state index contributed by atoms with van der Waals surface area (Å²) in [5.41, 5.74) is 2.59. The fourth-order valence-corrected chi connectivity index (χ4v) is 3.44. The van der Waals surface area contributed by atoms with E-state index in [2.05, 4.69) is 34.1 Å². The number of hydrogen-bond acceptors (Lipinski definition) is 5. The molecular formula is C18H25N3O2. The van der Waals surface area contributed by atoms with Gasteiger partial charge in [-0.25, -0.2) is 0 Å². The highest BCUT2D eigenvalue weighted by molar-refractivity contribution is 5.39. The first kappa shape index (κ1) is 16.0. The molecule has 1 saturated heterocycles. The Morgan fingerprint density at radius 3 is 2.96 bits per heavy atom. The Morgan fingerprint density at radius 1 is 1.35 bits per heavy atom. The Bertz CT molecular complexity index is 653. The van der Waals surface area contributed by atoms with Crippen LogP contribution in [0.2, 0.25) is 0 Å². The molecule has 1 aromatic carbocycles. The zero-order valence-corrected chi connectivity index (χ0v) is 14.2. The van der Waals surface area contributed by atoms with Crippen LogP contribution >= 0.6 is 0 Å². The third-order valence-electron chi connectivity index (χ3n) is 4.65. The maximum absolute atomic E-state index is 5.43. The van der Waals surface area contributed by atoms with E-state index in [1.165, 1.54) is 24.0 Å². The number of aromatic nitrogens is 2. The zero-order chi connectivity index (χ0) is 16.2. The highest BCUT2D eigenvalue weighted by Gasteiger charge is 2.22. The van der Waals surface area contributed by atoms with Crippen molar-refractivity contribution in [2.24, 2.45) is 5.92 Å². The second-order valence-corrected chi connectivity index (χ2v) is 6.42. The third kappa shape index (κ3) is 3.91. The summed E-state index contributed by atoms with van der Waals surface area (Å²) in [5.74, 6) is 3.07. The van der Waals surface area contributed by atoms with E-state index in [4.69, 9.17) is 9.26 Å². The Hall–Kier alpha value is -1.88. The number of likely N-dealkylation sites (tertiary alicyclic amines) is 1. The van der Waals surface area contributed by atoms with Gasteiger partial charge in [0.05, 0.1) is 7.11 Å². The second-order valence-electron chi connectivity index (χ2n) is 6.42. The molecule has 2 heterocycles. The van der Waals surface area contributed by atoms with Gasteiger partial charge in [-0.1, -0.05) is 17.3 Å². The van der Waals surface area contributed by atoms with Crippen molar-refractivity contribution in [3.8, 4) is 5.75 Å². The molecule has 0 saturated carbocycles. The van der Waals surface area contributed by atoms with Gasteiger partial charge >= 0.3 is 0 Å². The first-order valence-corrected chi connectivity index (χ1v) is 8.29. The van der Waals surface area contributed by atoms with Gasteiger partial charge in [-0.3, -0.25) is 4.90 Å². The molecule has 0 amide bonds. The largest absolute Gasteiger partial charge is 0.496 e. The lowest BCUT2D eigenvalue weighted by atomic mass is 9.94. The molecule has 0 N–H and O–H groups in total. The van der Waals surface area contributed by atoms with E-state index >= 15 is 0 Å². The summed E-state index contributed by atoms with van der Waals surface area (Å²) in [5, 5.41) is 4.03. The van der Waals surface area contributed by atoms with Crippen LogP contribution in [0.5, 0.6) is 5.75 Å². The van der Waals surface area contributed by atoms with Gasteiger partial charge in [0.1, 0.15) is 5.75 Å². The molecular weight excluding hydrogens is 290 g/mol. The van der Waals surface area contributed by atoms with Gasteiger partial charge in [0.2, 0.25) is 5.89 Å². The van der Waals surface area contributed by atoms with Crippen LogP contribution in [0.25, 0.3) is 0 Å². The molecule has 1 aliphatic rings. The van der Waals surface area contributed by atoms with E-state index < -0.39 is 0 Å². The maximum Gasteiger partial charge on any atom is 0.223 e. The quantitative estimate of drug-likeness (QED) is 0.848. The molecule has 0 radical (unpaired) electrons. The van der Waals surface area contributed by atoms with Gasteiger partial charge in [-0.05, 0) is 49.4 Å². The number of nitrogens with zero attached hydrogens (tertiary/aromatic N) is 3. The fourth-order valence-electron chi connectivity index (χ4n) is 3.44. The number of methoxy groups -OCH3 is 1. The van der Waals surface area contributed by atoms with Gasteiger partial charge in [0, 0.05) is 26.4 Å². The molecule has 1 atom stereocenters. The van der Waals surface area contributed by atoms with E-state index in [1.54, 1.807) is 7.11 Å². The predicted molar refractivity (Wildman–Crippen MR) is 88.5 cm³/mol. The lowest BCUT2D eigenvalue weighted by Crippen LogP contribution is -2.36. The van der Waals surface area contributed by atoms with Crippen LogP contribution in [-0.4, -0.2) is 35.2 Å². The lowest BCUT2D eigenvalue weighted by Gasteiger charge is -2.32. The highest BCUT2D eigenvalue weighted by atomic mass is 16.5. The second kappa shape index (κ2) is 7.13. The number of ether oxygens (including phenoxy) is 1. The zero-order valence-electron chi connectivity index (χ0n) is 14.2. The average Bonchev–Trinajstić information content (AvgIpc) is 2.95. The standard InChI is InChI=1S/C18H25N3O2/c1-13-16(7-4-8-17(13)22-3)12-21-9-5-6-15(11-21)10-18-19-14(2)23-20-18/h4,7-8,15H,5-6,9-12H2,1-3H3. The molecule has 5 nitrogen and oxygen atoms in total. The summed E-state index contributed by atoms with van der Waals surface area (Å²) in [4.78, 5) is 6.87. The molecule has 1 unspecified atom stereocenters. The smallest absolute Gasteiger partial charge is 0.223 e. The van der Waals surface area contributed by atoms with Crippen molar-refractivity contribution in [3.05, 3.63) is 41.0 Å². The van der Waals surface area contributed by atoms with Crippen molar-refractivity contribution in [1.82, 2.24) is 15.0 Å². The predicted octanol–water partition coefficient (Wildman–Crippen LogP) is 3.15. The van der Waals surface area contributed by atoms with E-state index in [9.17, 15) is 0 Å². The van der Waals surface area contributed by atoms with Crippen molar-refractivity contribution in [2.45, 2.75) is 39.7 Å². The summed E-state index contributed by atoms with van der Waals surface area (Å²) < 4.78 is 10.5. The minimum absolute atomic E-state index is 0.603. The molecule has 0 bridgehead atoms. The van der Waals surface area contributed by atoms with Crippen LogP contribution in [0.4, 0.5) is 0 Å². The van der Waals surface area contributed by atoms with Gasteiger partial charge in [-0.2, -0.15) is 4.98 Å². The van der Waals surface area contributed by atoms with Crippen LogP contribution in [0.1, 0.15) is 35.7 Å². The van der Waals surface area contributed by atoms with E-state index in [0.29, 0.717) is 11.8 Å². The minimum atomic E-state index is 0.603. The average molecular weight is 315 g/mol.